The van der Waals surface area contributed by atoms with E-state index in [9.17, 15) is 38.5 Å². The Hall–Kier alpha value is -3.38. The third-order valence-electron chi connectivity index (χ3n) is 3.95. The number of carboxylic acids is 1. The summed E-state index contributed by atoms with van der Waals surface area (Å²) in [4.78, 5) is 31.6. The maximum Gasteiger partial charge on any atom is 0.321 e. The van der Waals surface area contributed by atoms with E-state index >= 15 is 0 Å². The second kappa shape index (κ2) is 8.10. The monoisotopic (exact) mass is 409 g/mol. The highest BCUT2D eigenvalue weighted by molar-refractivity contribution is 7.89. The van der Waals surface area contributed by atoms with Crippen LogP contribution in [-0.4, -0.2) is 39.7 Å². The number of sulfonamides is 1. The molecule has 0 saturated heterocycles. The molecule has 2 rings (SSSR count). The van der Waals surface area contributed by atoms with E-state index < -0.39 is 54.7 Å². The second-order valence-electron chi connectivity index (χ2n) is 5.68. The summed E-state index contributed by atoms with van der Waals surface area (Å²) in [5.41, 5.74) is -1.18. The fourth-order valence-corrected chi connectivity index (χ4v) is 4.22. The molecule has 0 radical (unpaired) electrons. The zero-order chi connectivity index (χ0) is 21.1. The fourth-order valence-electron chi connectivity index (χ4n) is 2.50. The Morgan fingerprint density at radius 3 is 2.07 bits per heavy atom. The zero-order valence-electron chi connectivity index (χ0n) is 14.5. The van der Waals surface area contributed by atoms with Crippen molar-refractivity contribution in [2.75, 3.05) is 0 Å². The summed E-state index contributed by atoms with van der Waals surface area (Å²) in [5, 5.41) is 31.7. The van der Waals surface area contributed by atoms with E-state index in [0.717, 1.165) is 25.1 Å². The van der Waals surface area contributed by atoms with Crippen LogP contribution in [0.4, 0.5) is 11.4 Å². The molecule has 0 fully saturated rings. The van der Waals surface area contributed by atoms with Gasteiger partial charge in [-0.1, -0.05) is 30.3 Å². The quantitative estimate of drug-likeness (QED) is 0.512. The summed E-state index contributed by atoms with van der Waals surface area (Å²) >= 11 is 0. The summed E-state index contributed by atoms with van der Waals surface area (Å²) in [6.45, 7) is 0.419. The molecule has 0 bridgehead atoms. The number of hydrogen-bond acceptors (Lipinski definition) is 7. The van der Waals surface area contributed by atoms with Gasteiger partial charge in [0.25, 0.3) is 21.4 Å². The van der Waals surface area contributed by atoms with Crippen molar-refractivity contribution in [2.24, 2.45) is 0 Å². The lowest BCUT2D eigenvalue weighted by molar-refractivity contribution is -0.387. The predicted molar refractivity (Wildman–Crippen MR) is 96.0 cm³/mol. The number of nitro groups is 2. The van der Waals surface area contributed by atoms with Gasteiger partial charge in [-0.15, -0.1) is 0 Å². The first kappa shape index (κ1) is 20.9. The average Bonchev–Trinajstić information content (AvgIpc) is 2.65. The standard InChI is InChI=1S/C16H15N3O8S/c1-11(16(20)21)17(10-12-6-2-3-7-13(12)18(22)23)28(26,27)15-9-5-4-8-14(15)19(24)25/h2-9,11H,10H2,1H3,(H,20,21). The van der Waals surface area contributed by atoms with Crippen molar-refractivity contribution in [1.82, 2.24) is 4.31 Å². The first-order valence-corrected chi connectivity index (χ1v) is 9.21. The minimum Gasteiger partial charge on any atom is -0.480 e. The Balaban J connectivity index is 2.64. The van der Waals surface area contributed by atoms with Crippen molar-refractivity contribution in [3.05, 3.63) is 74.3 Å². The number of nitro benzene ring substituents is 2. The van der Waals surface area contributed by atoms with Crippen LogP contribution in [0.3, 0.4) is 0 Å². The minimum atomic E-state index is -4.67. The molecule has 0 heterocycles. The number of para-hydroxylation sites is 2. The predicted octanol–water partition coefficient (Wildman–Crippen LogP) is 2.17. The van der Waals surface area contributed by atoms with Gasteiger partial charge in [0, 0.05) is 24.2 Å². The first-order valence-electron chi connectivity index (χ1n) is 7.77. The smallest absolute Gasteiger partial charge is 0.321 e. The lowest BCUT2D eigenvalue weighted by Gasteiger charge is -2.25. The molecule has 1 N–H and O–H groups in total. The second-order valence-corrected chi connectivity index (χ2v) is 7.53. The van der Waals surface area contributed by atoms with Crippen molar-refractivity contribution in [1.29, 1.82) is 0 Å². The third-order valence-corrected chi connectivity index (χ3v) is 5.92. The highest BCUT2D eigenvalue weighted by Gasteiger charge is 2.38. The molecule has 1 unspecified atom stereocenters. The largest absolute Gasteiger partial charge is 0.480 e. The van der Waals surface area contributed by atoms with Gasteiger partial charge in [-0.2, -0.15) is 4.31 Å². The van der Waals surface area contributed by atoms with E-state index in [1.165, 1.54) is 30.3 Å². The maximum atomic E-state index is 13.1. The van der Waals surface area contributed by atoms with E-state index in [-0.39, 0.29) is 5.56 Å². The number of carboxylic acid groups (broad SMARTS) is 1. The van der Waals surface area contributed by atoms with E-state index in [0.29, 0.717) is 4.31 Å². The van der Waals surface area contributed by atoms with E-state index in [4.69, 9.17) is 0 Å². The number of nitrogens with zero attached hydrogens (tertiary/aromatic N) is 3. The molecule has 11 nitrogen and oxygen atoms in total. The van der Waals surface area contributed by atoms with Crippen molar-refractivity contribution in [2.45, 2.75) is 24.4 Å². The maximum absolute atomic E-state index is 13.1. The van der Waals surface area contributed by atoms with Gasteiger partial charge >= 0.3 is 5.97 Å². The number of rotatable bonds is 8. The molecular weight excluding hydrogens is 394 g/mol. The molecule has 0 aromatic heterocycles. The Kier molecular flexibility index (Phi) is 6.06. The topological polar surface area (TPSA) is 161 Å². The van der Waals surface area contributed by atoms with Gasteiger partial charge in [0.15, 0.2) is 4.90 Å². The molecule has 28 heavy (non-hydrogen) atoms. The number of carbonyl (C=O) groups is 1. The molecule has 1 atom stereocenters. The molecule has 0 aliphatic carbocycles. The molecule has 0 aliphatic heterocycles. The van der Waals surface area contributed by atoms with Gasteiger partial charge in [0.05, 0.1) is 9.85 Å². The highest BCUT2D eigenvalue weighted by atomic mass is 32.2. The van der Waals surface area contributed by atoms with Crippen LogP contribution in [0.2, 0.25) is 0 Å². The zero-order valence-corrected chi connectivity index (χ0v) is 15.3. The molecule has 0 amide bonds. The number of benzene rings is 2. The van der Waals surface area contributed by atoms with Gasteiger partial charge in [0.2, 0.25) is 0 Å². The SMILES string of the molecule is CC(C(=O)O)N(Cc1ccccc1[N+](=O)[O-])S(=O)(=O)c1ccccc1[N+](=O)[O-]. The molecule has 148 valence electrons. The highest BCUT2D eigenvalue weighted by Crippen LogP contribution is 2.30. The summed E-state index contributed by atoms with van der Waals surface area (Å²) < 4.78 is 26.6. The van der Waals surface area contributed by atoms with Crippen molar-refractivity contribution < 1.29 is 28.2 Å². The van der Waals surface area contributed by atoms with Crippen LogP contribution >= 0.6 is 0 Å². The third kappa shape index (κ3) is 4.13. The van der Waals surface area contributed by atoms with Gasteiger partial charge < -0.3 is 5.11 Å². The Morgan fingerprint density at radius 1 is 1.04 bits per heavy atom. The summed E-state index contributed by atoms with van der Waals surface area (Å²) in [6.07, 6.45) is 0. The van der Waals surface area contributed by atoms with Crippen LogP contribution in [0.5, 0.6) is 0 Å². The summed E-state index contributed by atoms with van der Waals surface area (Å²) in [5.74, 6) is -1.51. The van der Waals surface area contributed by atoms with Crippen LogP contribution in [0, 0.1) is 20.2 Å². The normalized spacial score (nSPS) is 12.5. The first-order chi connectivity index (χ1) is 13.1. The van der Waals surface area contributed by atoms with Gasteiger partial charge in [-0.3, -0.25) is 25.0 Å². The fraction of sp³-hybridized carbons (Fsp3) is 0.188. The molecule has 2 aromatic rings. The minimum absolute atomic E-state index is 0.0530. The number of aliphatic carboxylic acids is 1. The Morgan fingerprint density at radius 2 is 1.54 bits per heavy atom. The van der Waals surface area contributed by atoms with Crippen LogP contribution in [0.25, 0.3) is 0 Å². The van der Waals surface area contributed by atoms with Crippen LogP contribution in [-0.2, 0) is 21.4 Å². The Labute approximate surface area is 159 Å². The average molecular weight is 409 g/mol. The lowest BCUT2D eigenvalue weighted by atomic mass is 10.1. The lowest BCUT2D eigenvalue weighted by Crippen LogP contribution is -2.42. The van der Waals surface area contributed by atoms with Crippen LogP contribution < -0.4 is 0 Å². The van der Waals surface area contributed by atoms with Gasteiger partial charge in [-0.05, 0) is 13.0 Å². The van der Waals surface area contributed by atoms with Crippen molar-refractivity contribution in [3.63, 3.8) is 0 Å². The molecule has 12 heteroatoms. The van der Waals surface area contributed by atoms with Crippen LogP contribution in [0.1, 0.15) is 12.5 Å². The van der Waals surface area contributed by atoms with E-state index in [2.05, 4.69) is 0 Å². The number of hydrogen-bond donors (Lipinski definition) is 1. The summed E-state index contributed by atoms with van der Waals surface area (Å²) in [7, 11) is -4.67. The Bertz CT molecular complexity index is 1040. The molecule has 0 saturated carbocycles. The molecule has 0 spiro atoms. The van der Waals surface area contributed by atoms with E-state index in [1.54, 1.807) is 0 Å². The molecule has 0 aliphatic rings. The van der Waals surface area contributed by atoms with Gasteiger partial charge in [0.1, 0.15) is 6.04 Å². The van der Waals surface area contributed by atoms with Crippen LogP contribution in [0.15, 0.2) is 53.4 Å². The molecule has 2 aromatic carbocycles. The van der Waals surface area contributed by atoms with Gasteiger partial charge in [-0.25, -0.2) is 8.42 Å². The van der Waals surface area contributed by atoms with Crippen molar-refractivity contribution in [3.8, 4) is 0 Å². The van der Waals surface area contributed by atoms with Crippen molar-refractivity contribution >= 4 is 27.4 Å². The van der Waals surface area contributed by atoms with E-state index in [1.807, 2.05) is 0 Å². The molecular formula is C16H15N3O8S. The summed E-state index contributed by atoms with van der Waals surface area (Å²) in [6, 6.07) is 8.09.